The third-order valence-electron chi connectivity index (χ3n) is 13.5. The summed E-state index contributed by atoms with van der Waals surface area (Å²) in [6.45, 7) is 14.2. The number of hydrogen-bond acceptors (Lipinski definition) is 15. The van der Waals surface area contributed by atoms with Gasteiger partial charge in [0, 0.05) is 74.6 Å². The zero-order chi connectivity index (χ0) is 63.7. The zero-order valence-electron chi connectivity index (χ0n) is 49.5. The van der Waals surface area contributed by atoms with Crippen LogP contribution in [-0.2, 0) is 4.84 Å². The van der Waals surface area contributed by atoms with Gasteiger partial charge in [0.05, 0.1) is 49.0 Å². The Balaban J connectivity index is 0.000000189. The van der Waals surface area contributed by atoms with Gasteiger partial charge in [0.2, 0.25) is 17.8 Å². The number of carbonyl (C=O) groups is 3. The van der Waals surface area contributed by atoms with E-state index in [4.69, 9.17) is 28.0 Å². The van der Waals surface area contributed by atoms with E-state index < -0.39 is 30.7 Å². The number of H-pyrrole nitrogens is 3. The van der Waals surface area contributed by atoms with Crippen molar-refractivity contribution in [1.29, 1.82) is 0 Å². The van der Waals surface area contributed by atoms with Gasteiger partial charge in [-0.05, 0) is 137 Å². The Labute approximate surface area is 516 Å². The number of aliphatic hydroxyl groups is 2. The van der Waals surface area contributed by atoms with Crippen molar-refractivity contribution < 1.29 is 42.6 Å². The highest BCUT2D eigenvalue weighted by atomic mass is 35.5. The highest BCUT2D eigenvalue weighted by molar-refractivity contribution is 6.31. The molecule has 6 aromatic heterocycles. The van der Waals surface area contributed by atoms with Gasteiger partial charge < -0.3 is 51.7 Å². The van der Waals surface area contributed by atoms with Gasteiger partial charge in [-0.2, -0.15) is 13.2 Å². The van der Waals surface area contributed by atoms with Crippen LogP contribution in [0.2, 0.25) is 10.0 Å². The zero-order valence-corrected chi connectivity index (χ0v) is 51.0. The van der Waals surface area contributed by atoms with Gasteiger partial charge >= 0.3 is 6.18 Å². The van der Waals surface area contributed by atoms with E-state index in [-0.39, 0.29) is 36.7 Å². The molecule has 88 heavy (non-hydrogen) atoms. The molecular weight excluding hydrogens is 1180 g/mol. The number of amides is 3. The topological polar surface area (TPSA) is 298 Å². The minimum atomic E-state index is -4.41. The number of alkyl halides is 3. The molecule has 0 bridgehead atoms. The maximum atomic E-state index is 12.9. The lowest BCUT2D eigenvalue weighted by molar-refractivity contribution is -0.115. The van der Waals surface area contributed by atoms with Crippen molar-refractivity contribution in [2.75, 3.05) is 49.0 Å². The van der Waals surface area contributed by atoms with Gasteiger partial charge in [-0.3, -0.25) is 19.2 Å². The van der Waals surface area contributed by atoms with Crippen LogP contribution >= 0.6 is 23.2 Å². The van der Waals surface area contributed by atoms with Crippen LogP contribution in [0.1, 0.15) is 109 Å². The number of aromatic nitrogens is 9. The summed E-state index contributed by atoms with van der Waals surface area (Å²) in [6.07, 6.45) is 1.18. The normalized spacial score (nSPS) is 11.7. The fraction of sp³-hybridized carbons (Fsp3) is 0.274. The smallest absolute Gasteiger partial charge is 0.394 e. The molecule has 6 heterocycles. The molecule has 0 aliphatic heterocycles. The Bertz CT molecular complexity index is 3840. The summed E-state index contributed by atoms with van der Waals surface area (Å²) < 4.78 is 37.4. The minimum Gasteiger partial charge on any atom is -0.394 e. The Morgan fingerprint density at radius 1 is 0.580 bits per heavy atom. The van der Waals surface area contributed by atoms with Crippen LogP contribution in [0.25, 0.3) is 33.8 Å². The molecule has 11 N–H and O–H groups in total. The van der Waals surface area contributed by atoms with E-state index in [2.05, 4.69) is 76.9 Å². The molecule has 3 aromatic carbocycles. The second-order valence-electron chi connectivity index (χ2n) is 19.9. The van der Waals surface area contributed by atoms with Crippen molar-refractivity contribution in [3.8, 4) is 33.8 Å². The molecule has 0 spiro atoms. The number of para-hydroxylation sites is 1. The van der Waals surface area contributed by atoms with Gasteiger partial charge in [-0.25, -0.2) is 35.4 Å². The monoisotopic (exact) mass is 1250 g/mol. The molecule has 2 atom stereocenters. The Kier molecular flexibility index (Phi) is 23.3. The van der Waals surface area contributed by atoms with E-state index in [1.54, 1.807) is 86.9 Å². The number of benzene rings is 3. The number of nitrogens with zero attached hydrogens (tertiary/aromatic N) is 6. The summed E-state index contributed by atoms with van der Waals surface area (Å²) in [7, 11) is 0. The van der Waals surface area contributed by atoms with E-state index in [1.165, 1.54) is 6.20 Å². The number of rotatable bonds is 21. The largest absolute Gasteiger partial charge is 0.405 e. The van der Waals surface area contributed by atoms with Crippen molar-refractivity contribution in [2.24, 2.45) is 0 Å². The van der Waals surface area contributed by atoms with Crippen molar-refractivity contribution in [2.45, 2.75) is 80.1 Å². The molecule has 3 amide bonds. The molecular formula is C62H68Cl2F3N15O6. The lowest BCUT2D eigenvalue weighted by atomic mass is 10.1. The number of aromatic amines is 3. The quantitative estimate of drug-likeness (QED) is 0.0298. The molecule has 9 rings (SSSR count). The number of anilines is 4. The summed E-state index contributed by atoms with van der Waals surface area (Å²) in [5, 5.41) is 34.4. The first-order valence-electron chi connectivity index (χ1n) is 27.8. The first-order valence-corrected chi connectivity index (χ1v) is 28.6. The van der Waals surface area contributed by atoms with Crippen molar-refractivity contribution in [1.82, 2.24) is 60.8 Å². The van der Waals surface area contributed by atoms with Crippen molar-refractivity contribution >= 4 is 64.5 Å². The molecule has 26 heteroatoms. The van der Waals surface area contributed by atoms with Crippen LogP contribution in [0.5, 0.6) is 0 Å². The number of carbonyl (C=O) groups excluding carboxylic acids is 3. The van der Waals surface area contributed by atoms with Gasteiger partial charge in [0.15, 0.2) is 0 Å². The first-order chi connectivity index (χ1) is 42.1. The maximum Gasteiger partial charge on any atom is 0.405 e. The lowest BCUT2D eigenvalue weighted by Crippen LogP contribution is -2.31. The number of halogens is 5. The standard InChI is InChI=1S/C21H21ClF3N5O2.C21H24ClN5O3.C20H23N5O/c1-11-17(15-6-7-26-20(30-15)27-10-21(23,24)25)12(2)28-18(11)19(32)29-16(9-31)13-4-3-5-14(22)8-13;1-4-30-27-21-23-9-8-16(26-21)18-12(2)19(24-13(18)3)20(29)25-17(11-28)14-6-5-7-15(22)10-14;1-4-11-21-19(26)18-13(2)17(14(3)23-18)16-10-12-22-20(25-16)24-15-8-6-5-7-9-15/h3-8,16,28,31H,9-10H2,1-2H3,(H,29,32)(H,26,27,30);5-10,17,24,28H,4,11H2,1-3H3,(H,25,29)(H,23,26,27);5-10,12,23H,4,11H2,1-3H3,(H,21,26)(H,22,24,25)/t16-;17-;/m11./s1. The van der Waals surface area contributed by atoms with E-state index in [1.807, 2.05) is 77.9 Å². The summed E-state index contributed by atoms with van der Waals surface area (Å²) in [6, 6.07) is 27.5. The first kappa shape index (κ1) is 66.3. The fourth-order valence-corrected chi connectivity index (χ4v) is 9.84. The molecule has 21 nitrogen and oxygen atoms in total. The highest BCUT2D eigenvalue weighted by Gasteiger charge is 2.28. The fourth-order valence-electron chi connectivity index (χ4n) is 9.44. The molecule has 0 unspecified atom stereocenters. The van der Waals surface area contributed by atoms with E-state index >= 15 is 0 Å². The number of aliphatic hydroxyl groups excluding tert-OH is 2. The molecule has 0 saturated heterocycles. The predicted molar refractivity (Wildman–Crippen MR) is 334 cm³/mol. The van der Waals surface area contributed by atoms with Gasteiger partial charge in [-0.15, -0.1) is 0 Å². The van der Waals surface area contributed by atoms with Crippen LogP contribution in [0.3, 0.4) is 0 Å². The van der Waals surface area contributed by atoms with E-state index in [9.17, 15) is 37.8 Å². The van der Waals surface area contributed by atoms with Crippen LogP contribution in [0, 0.1) is 41.5 Å². The molecule has 0 aliphatic rings. The van der Waals surface area contributed by atoms with Crippen LogP contribution in [0.4, 0.5) is 36.7 Å². The van der Waals surface area contributed by atoms with Gasteiger partial charge in [0.1, 0.15) is 23.6 Å². The highest BCUT2D eigenvalue weighted by Crippen LogP contribution is 2.33. The summed E-state index contributed by atoms with van der Waals surface area (Å²) in [5.41, 5.74) is 14.8. The third-order valence-corrected chi connectivity index (χ3v) is 14.0. The van der Waals surface area contributed by atoms with Crippen molar-refractivity contribution in [3.05, 3.63) is 188 Å². The Morgan fingerprint density at radius 2 is 1.01 bits per heavy atom. The van der Waals surface area contributed by atoms with Crippen LogP contribution < -0.4 is 32.1 Å². The summed E-state index contributed by atoms with van der Waals surface area (Å²) >= 11 is 12.0. The molecule has 0 saturated carbocycles. The number of nitrogens with one attached hydrogen (secondary N) is 9. The number of aryl methyl sites for hydroxylation is 3. The Hall–Kier alpha value is -9.20. The molecule has 9 aromatic rings. The second kappa shape index (κ2) is 30.9. The maximum absolute atomic E-state index is 12.9. The van der Waals surface area contributed by atoms with E-state index in [0.29, 0.717) is 80.3 Å². The lowest BCUT2D eigenvalue weighted by Gasteiger charge is -2.17. The van der Waals surface area contributed by atoms with Gasteiger partial charge in [0.25, 0.3) is 17.7 Å². The third kappa shape index (κ3) is 17.5. The SMILES string of the molecule is CCCNC(=O)c1[nH]c(C)c(-c2ccnc(Nc3ccccc3)n2)c1C.CCONc1nccc(-c2c(C)[nH]c(C(=O)N[C@H](CO)c3cccc(Cl)c3)c2C)n1.Cc1[nH]c(C(=O)N[C@H](CO)c2cccc(Cl)c2)c(C)c1-c1ccnc(NCC(F)(F)F)n1. The van der Waals surface area contributed by atoms with Crippen LogP contribution in [-0.4, -0.2) is 112 Å². The number of hydrogen-bond donors (Lipinski definition) is 11. The van der Waals surface area contributed by atoms with Crippen LogP contribution in [0.15, 0.2) is 116 Å². The predicted octanol–water partition coefficient (Wildman–Crippen LogP) is 11.7. The summed E-state index contributed by atoms with van der Waals surface area (Å²) in [4.78, 5) is 78.1. The van der Waals surface area contributed by atoms with Crippen molar-refractivity contribution in [3.63, 3.8) is 0 Å². The van der Waals surface area contributed by atoms with E-state index in [0.717, 1.165) is 57.0 Å². The van der Waals surface area contributed by atoms with Gasteiger partial charge in [-0.1, -0.05) is 72.6 Å². The summed E-state index contributed by atoms with van der Waals surface area (Å²) in [5.74, 6) is -0.196. The average Bonchev–Trinajstić information content (AvgIpc) is 2.55. The minimum absolute atomic E-state index is 0.0876. The Morgan fingerprint density at radius 3 is 1.44 bits per heavy atom. The molecule has 462 valence electrons. The molecule has 0 fully saturated rings. The molecule has 0 aliphatic carbocycles. The molecule has 0 radical (unpaired) electrons. The second-order valence-corrected chi connectivity index (χ2v) is 20.8. The average molecular weight is 1250 g/mol.